The minimum atomic E-state index is -0.399. The molecule has 0 aromatic carbocycles. The minimum Gasteiger partial charge on any atom is -0.338 e. The van der Waals surface area contributed by atoms with E-state index in [1.165, 1.54) is 12.1 Å². The summed E-state index contributed by atoms with van der Waals surface area (Å²) in [5.41, 5.74) is 1.64. The predicted octanol–water partition coefficient (Wildman–Crippen LogP) is 2.96. The molecular formula is C17H17FN6O. The van der Waals surface area contributed by atoms with Gasteiger partial charge in [-0.25, -0.2) is 14.4 Å². The van der Waals surface area contributed by atoms with Gasteiger partial charge in [-0.05, 0) is 38.1 Å². The van der Waals surface area contributed by atoms with E-state index in [2.05, 4.69) is 25.7 Å². The molecule has 3 heterocycles. The fraction of sp³-hybridized carbons (Fsp3) is 0.176. The van der Waals surface area contributed by atoms with Crippen molar-refractivity contribution in [3.05, 3.63) is 59.4 Å². The van der Waals surface area contributed by atoms with Gasteiger partial charge in [-0.1, -0.05) is 0 Å². The first-order chi connectivity index (χ1) is 11.9. The van der Waals surface area contributed by atoms with Crippen LogP contribution in [0.15, 0.2) is 36.5 Å². The average Bonchev–Trinajstić information content (AvgIpc) is 2.97. The summed E-state index contributed by atoms with van der Waals surface area (Å²) in [7, 11) is 1.76. The lowest BCUT2D eigenvalue weighted by Crippen LogP contribution is -2.17. The first kappa shape index (κ1) is 16.6. The fourth-order valence-electron chi connectivity index (χ4n) is 2.24. The molecule has 0 radical (unpaired) electrons. The van der Waals surface area contributed by atoms with Crippen LogP contribution in [0.5, 0.6) is 0 Å². The number of hydrogen-bond donors (Lipinski definition) is 2. The molecule has 0 aliphatic heterocycles. The number of nitrogens with one attached hydrogen (secondary N) is 2. The molecule has 0 aliphatic carbocycles. The zero-order valence-corrected chi connectivity index (χ0v) is 14.0. The van der Waals surface area contributed by atoms with Gasteiger partial charge in [-0.15, -0.1) is 0 Å². The molecule has 2 N–H and O–H groups in total. The highest BCUT2D eigenvalue weighted by atomic mass is 19.1. The van der Waals surface area contributed by atoms with Crippen molar-refractivity contribution in [1.29, 1.82) is 0 Å². The Morgan fingerprint density at radius 3 is 2.56 bits per heavy atom. The van der Waals surface area contributed by atoms with Crippen molar-refractivity contribution in [2.24, 2.45) is 7.05 Å². The monoisotopic (exact) mass is 340 g/mol. The molecule has 0 saturated heterocycles. The number of halogens is 1. The first-order valence-electron chi connectivity index (χ1n) is 7.61. The topological polar surface area (TPSA) is 84.7 Å². The number of carbonyl (C=O) groups excluding carboxylic acids is 1. The molecule has 7 nitrogen and oxygen atoms in total. The number of aryl methyl sites for hydroxylation is 3. The minimum absolute atomic E-state index is 0.203. The SMILES string of the molecule is Cc1ccc(Nc2ccc(F)c(C)n2)c(C(=O)Nc2ccn(C)n2)n1. The number of hydrogen-bond acceptors (Lipinski definition) is 5. The summed E-state index contributed by atoms with van der Waals surface area (Å²) in [6.07, 6.45) is 1.73. The molecular weight excluding hydrogens is 323 g/mol. The van der Waals surface area contributed by atoms with Crippen molar-refractivity contribution >= 4 is 23.2 Å². The second-order valence-corrected chi connectivity index (χ2v) is 5.57. The lowest BCUT2D eigenvalue weighted by Gasteiger charge is -2.11. The Balaban J connectivity index is 1.89. The van der Waals surface area contributed by atoms with Gasteiger partial charge in [0.1, 0.15) is 11.6 Å². The molecule has 0 fully saturated rings. The van der Waals surface area contributed by atoms with Crippen molar-refractivity contribution in [1.82, 2.24) is 19.7 Å². The molecule has 3 aromatic rings. The van der Waals surface area contributed by atoms with Gasteiger partial charge in [0.25, 0.3) is 5.91 Å². The quantitative estimate of drug-likeness (QED) is 0.763. The number of pyridine rings is 2. The number of amides is 1. The standard InChI is InChI=1S/C17H17FN6O/c1-10-4-6-13(21-14-7-5-12(18)11(2)20-14)16(19-10)17(25)22-15-8-9-24(3)23-15/h4-9H,1-3H3,(H,20,21)(H,22,23,25). The van der Waals surface area contributed by atoms with Crippen molar-refractivity contribution < 1.29 is 9.18 Å². The second kappa shape index (κ2) is 6.68. The molecule has 3 rings (SSSR count). The Bertz CT molecular complexity index is 937. The third kappa shape index (κ3) is 3.79. The third-order valence-electron chi connectivity index (χ3n) is 3.49. The lowest BCUT2D eigenvalue weighted by atomic mass is 10.2. The molecule has 3 aromatic heterocycles. The molecule has 0 spiro atoms. The number of rotatable bonds is 4. The number of aromatic nitrogens is 4. The van der Waals surface area contributed by atoms with Crippen LogP contribution in [0.3, 0.4) is 0 Å². The van der Waals surface area contributed by atoms with Gasteiger partial charge in [0.2, 0.25) is 0 Å². The molecule has 25 heavy (non-hydrogen) atoms. The van der Waals surface area contributed by atoms with Crippen LogP contribution >= 0.6 is 0 Å². The second-order valence-electron chi connectivity index (χ2n) is 5.57. The van der Waals surface area contributed by atoms with Gasteiger partial charge in [-0.2, -0.15) is 5.10 Å². The van der Waals surface area contributed by atoms with Crippen LogP contribution in [0.25, 0.3) is 0 Å². The van der Waals surface area contributed by atoms with Crippen LogP contribution in [0.4, 0.5) is 21.7 Å². The molecule has 8 heteroatoms. The van der Waals surface area contributed by atoms with Gasteiger partial charge in [0.15, 0.2) is 11.5 Å². The van der Waals surface area contributed by atoms with Gasteiger partial charge in [0.05, 0.1) is 11.4 Å². The van der Waals surface area contributed by atoms with Gasteiger partial charge >= 0.3 is 0 Å². The van der Waals surface area contributed by atoms with Crippen molar-refractivity contribution in [2.75, 3.05) is 10.6 Å². The number of carbonyl (C=O) groups is 1. The number of nitrogens with zero attached hydrogens (tertiary/aromatic N) is 4. The molecule has 128 valence electrons. The van der Waals surface area contributed by atoms with E-state index in [-0.39, 0.29) is 17.2 Å². The molecule has 0 atom stereocenters. The number of anilines is 3. The Hall–Kier alpha value is -3.29. The first-order valence-corrected chi connectivity index (χ1v) is 7.61. The van der Waals surface area contributed by atoms with E-state index < -0.39 is 5.91 Å². The molecule has 0 saturated carbocycles. The summed E-state index contributed by atoms with van der Waals surface area (Å²) in [5.74, 6) is 0.0679. The zero-order chi connectivity index (χ0) is 18.0. The van der Waals surface area contributed by atoms with E-state index in [1.54, 1.807) is 50.0 Å². The maximum Gasteiger partial charge on any atom is 0.277 e. The van der Waals surface area contributed by atoms with Gasteiger partial charge < -0.3 is 10.6 Å². The van der Waals surface area contributed by atoms with E-state index in [1.807, 2.05) is 0 Å². The van der Waals surface area contributed by atoms with Crippen LogP contribution < -0.4 is 10.6 Å². The highest BCUT2D eigenvalue weighted by molar-refractivity contribution is 6.06. The van der Waals surface area contributed by atoms with Gasteiger partial charge in [0, 0.05) is 25.0 Å². The van der Waals surface area contributed by atoms with Gasteiger partial charge in [-0.3, -0.25) is 9.48 Å². The Morgan fingerprint density at radius 2 is 1.88 bits per heavy atom. The summed E-state index contributed by atoms with van der Waals surface area (Å²) in [5, 5.41) is 9.83. The maximum absolute atomic E-state index is 13.4. The molecule has 0 unspecified atom stereocenters. The van der Waals surface area contributed by atoms with E-state index in [0.717, 1.165) is 0 Å². The average molecular weight is 340 g/mol. The predicted molar refractivity (Wildman–Crippen MR) is 92.3 cm³/mol. The summed E-state index contributed by atoms with van der Waals surface area (Å²) in [6.45, 7) is 3.37. The molecule has 1 amide bonds. The Labute approximate surface area is 143 Å². The van der Waals surface area contributed by atoms with E-state index in [9.17, 15) is 9.18 Å². The molecule has 0 bridgehead atoms. The summed E-state index contributed by atoms with van der Waals surface area (Å²) < 4.78 is 15.0. The van der Waals surface area contributed by atoms with E-state index >= 15 is 0 Å². The van der Waals surface area contributed by atoms with Crippen molar-refractivity contribution in [3.8, 4) is 0 Å². The van der Waals surface area contributed by atoms with Crippen LogP contribution in [0.1, 0.15) is 21.9 Å². The van der Waals surface area contributed by atoms with Crippen LogP contribution in [0.2, 0.25) is 0 Å². The van der Waals surface area contributed by atoms with Crippen LogP contribution in [-0.2, 0) is 7.05 Å². The summed E-state index contributed by atoms with van der Waals surface area (Å²) in [6, 6.07) is 8.01. The zero-order valence-electron chi connectivity index (χ0n) is 14.0. The van der Waals surface area contributed by atoms with Crippen molar-refractivity contribution in [2.45, 2.75) is 13.8 Å². The highest BCUT2D eigenvalue weighted by Crippen LogP contribution is 2.21. The summed E-state index contributed by atoms with van der Waals surface area (Å²) in [4.78, 5) is 21.0. The normalized spacial score (nSPS) is 10.6. The maximum atomic E-state index is 13.4. The third-order valence-corrected chi connectivity index (χ3v) is 3.49. The van der Waals surface area contributed by atoms with Crippen molar-refractivity contribution in [3.63, 3.8) is 0 Å². The van der Waals surface area contributed by atoms with E-state index in [4.69, 9.17) is 0 Å². The smallest absolute Gasteiger partial charge is 0.277 e. The largest absolute Gasteiger partial charge is 0.338 e. The van der Waals surface area contributed by atoms with E-state index in [0.29, 0.717) is 23.0 Å². The fourth-order valence-corrected chi connectivity index (χ4v) is 2.24. The highest BCUT2D eigenvalue weighted by Gasteiger charge is 2.16. The summed E-state index contributed by atoms with van der Waals surface area (Å²) >= 11 is 0. The lowest BCUT2D eigenvalue weighted by molar-refractivity contribution is 0.102. The Morgan fingerprint density at radius 1 is 1.08 bits per heavy atom. The Kier molecular flexibility index (Phi) is 4.42. The van der Waals surface area contributed by atoms with Crippen LogP contribution in [-0.4, -0.2) is 25.7 Å². The van der Waals surface area contributed by atoms with Crippen LogP contribution in [0, 0.1) is 19.7 Å². The molecule has 0 aliphatic rings.